The summed E-state index contributed by atoms with van der Waals surface area (Å²) >= 11 is 1.40. The highest BCUT2D eigenvalue weighted by Gasteiger charge is 2.28. The Kier molecular flexibility index (Phi) is 5.68. The van der Waals surface area contributed by atoms with Crippen LogP contribution in [0.25, 0.3) is 0 Å². The van der Waals surface area contributed by atoms with E-state index >= 15 is 0 Å². The first-order valence-electron chi connectivity index (χ1n) is 8.17. The van der Waals surface area contributed by atoms with Gasteiger partial charge in [0.2, 0.25) is 11.1 Å². The lowest BCUT2D eigenvalue weighted by molar-refractivity contribution is -0.118. The van der Waals surface area contributed by atoms with Gasteiger partial charge in [-0.05, 0) is 41.8 Å². The molecule has 1 saturated carbocycles. The summed E-state index contributed by atoms with van der Waals surface area (Å²) < 4.78 is 1.83. The Morgan fingerprint density at radius 3 is 2.92 bits per heavy atom. The minimum absolute atomic E-state index is 0.0210. The molecule has 3 rings (SSSR count). The third-order valence-electron chi connectivity index (χ3n) is 3.88. The summed E-state index contributed by atoms with van der Waals surface area (Å²) in [4.78, 5) is 14.1. The van der Waals surface area contributed by atoms with E-state index in [0.717, 1.165) is 31.0 Å². The molecular weight excluding hydrogens is 324 g/mol. The summed E-state index contributed by atoms with van der Waals surface area (Å²) in [6, 6.07) is 10.7. The Bertz CT molecular complexity index is 658. The van der Waals surface area contributed by atoms with E-state index in [1.807, 2.05) is 22.9 Å². The molecule has 1 aromatic carbocycles. The zero-order chi connectivity index (χ0) is 16.8. The fourth-order valence-corrected chi connectivity index (χ4v) is 3.14. The first kappa shape index (κ1) is 16.8. The van der Waals surface area contributed by atoms with Crippen molar-refractivity contribution in [2.45, 2.75) is 30.5 Å². The number of aromatic nitrogens is 4. The number of carbonyl (C=O) groups excluding carboxylic acids is 1. The van der Waals surface area contributed by atoms with Crippen molar-refractivity contribution >= 4 is 23.4 Å². The monoisotopic (exact) mass is 346 g/mol. The molecule has 0 bridgehead atoms. The van der Waals surface area contributed by atoms with E-state index in [0.29, 0.717) is 18.3 Å². The van der Waals surface area contributed by atoms with Crippen LogP contribution in [0.1, 0.15) is 25.3 Å². The van der Waals surface area contributed by atoms with Crippen molar-refractivity contribution in [1.29, 1.82) is 0 Å². The summed E-state index contributed by atoms with van der Waals surface area (Å²) in [6.45, 7) is 1.57. The van der Waals surface area contributed by atoms with Gasteiger partial charge >= 0.3 is 0 Å². The van der Waals surface area contributed by atoms with E-state index in [9.17, 15) is 4.79 Å². The fourth-order valence-electron chi connectivity index (χ4n) is 2.37. The quantitative estimate of drug-likeness (QED) is 0.551. The molecule has 128 valence electrons. The Balaban J connectivity index is 1.32. The number of hydrogen-bond donors (Lipinski definition) is 1. The van der Waals surface area contributed by atoms with E-state index in [4.69, 9.17) is 0 Å². The Morgan fingerprint density at radius 2 is 2.17 bits per heavy atom. The number of benzene rings is 1. The van der Waals surface area contributed by atoms with Crippen molar-refractivity contribution < 1.29 is 4.79 Å². The molecule has 0 atom stereocenters. The van der Waals surface area contributed by atoms with E-state index in [1.54, 1.807) is 0 Å². The SMILES string of the molecule is CN(CCCNC(=O)CSc1nnnn1C1CC1)c1ccccc1. The molecule has 1 heterocycles. The maximum absolute atomic E-state index is 11.9. The molecule has 0 radical (unpaired) electrons. The summed E-state index contributed by atoms with van der Waals surface area (Å²) in [7, 11) is 2.06. The molecule has 8 heteroatoms. The lowest BCUT2D eigenvalue weighted by atomic mass is 10.3. The number of para-hydroxylation sites is 1. The van der Waals surface area contributed by atoms with Crippen molar-refractivity contribution in [3.63, 3.8) is 0 Å². The largest absolute Gasteiger partial charge is 0.375 e. The molecule has 1 aliphatic rings. The molecule has 0 saturated heterocycles. The van der Waals surface area contributed by atoms with Crippen molar-refractivity contribution in [2.24, 2.45) is 0 Å². The molecule has 0 aliphatic heterocycles. The number of tetrazole rings is 1. The number of anilines is 1. The second-order valence-corrected chi connectivity index (χ2v) is 6.83. The van der Waals surface area contributed by atoms with E-state index in [2.05, 4.69) is 44.9 Å². The molecule has 1 fully saturated rings. The fraction of sp³-hybridized carbons (Fsp3) is 0.500. The number of nitrogens with one attached hydrogen (secondary N) is 1. The summed E-state index contributed by atoms with van der Waals surface area (Å²) in [5, 5.41) is 15.3. The minimum Gasteiger partial charge on any atom is -0.375 e. The van der Waals surface area contributed by atoms with Gasteiger partial charge in [0, 0.05) is 25.8 Å². The molecule has 1 aliphatic carbocycles. The van der Waals surface area contributed by atoms with Crippen LogP contribution in [0.15, 0.2) is 35.5 Å². The Hall–Kier alpha value is -2.09. The number of thioether (sulfide) groups is 1. The van der Waals surface area contributed by atoms with Gasteiger partial charge in [0.25, 0.3) is 0 Å². The third-order valence-corrected chi connectivity index (χ3v) is 4.81. The maximum Gasteiger partial charge on any atom is 0.230 e. The minimum atomic E-state index is 0.0210. The predicted molar refractivity (Wildman–Crippen MR) is 94.2 cm³/mol. The lowest BCUT2D eigenvalue weighted by Crippen LogP contribution is -2.29. The second kappa shape index (κ2) is 8.14. The second-order valence-electron chi connectivity index (χ2n) is 5.89. The molecule has 0 spiro atoms. The first-order valence-corrected chi connectivity index (χ1v) is 9.16. The van der Waals surface area contributed by atoms with Crippen LogP contribution >= 0.6 is 11.8 Å². The van der Waals surface area contributed by atoms with Gasteiger partial charge in [-0.15, -0.1) is 5.10 Å². The summed E-state index contributed by atoms with van der Waals surface area (Å²) in [5.74, 6) is 0.370. The van der Waals surface area contributed by atoms with E-state index < -0.39 is 0 Å². The van der Waals surface area contributed by atoms with Crippen molar-refractivity contribution in [2.75, 3.05) is 30.8 Å². The zero-order valence-electron chi connectivity index (χ0n) is 13.8. The highest BCUT2D eigenvalue weighted by atomic mass is 32.2. The van der Waals surface area contributed by atoms with Crippen LogP contribution in [0.4, 0.5) is 5.69 Å². The standard InChI is InChI=1S/C16H22N6OS/c1-21(13-6-3-2-4-7-13)11-5-10-17-15(23)12-24-16-18-19-20-22(16)14-8-9-14/h2-4,6-7,14H,5,8-12H2,1H3,(H,17,23). The molecule has 1 N–H and O–H groups in total. The van der Waals surface area contributed by atoms with Gasteiger partial charge in [-0.2, -0.15) is 0 Å². The van der Waals surface area contributed by atoms with Crippen LogP contribution in [0.3, 0.4) is 0 Å². The van der Waals surface area contributed by atoms with E-state index in [-0.39, 0.29) is 5.91 Å². The van der Waals surface area contributed by atoms with Crippen LogP contribution in [0.2, 0.25) is 0 Å². The molecule has 1 amide bonds. The van der Waals surface area contributed by atoms with E-state index in [1.165, 1.54) is 17.4 Å². The number of rotatable bonds is 9. The van der Waals surface area contributed by atoms with Crippen LogP contribution in [-0.4, -0.2) is 52.0 Å². The molecule has 0 unspecified atom stereocenters. The lowest BCUT2D eigenvalue weighted by Gasteiger charge is -2.19. The summed E-state index contributed by atoms with van der Waals surface area (Å²) in [5.41, 5.74) is 1.19. The van der Waals surface area contributed by atoms with Gasteiger partial charge < -0.3 is 10.2 Å². The van der Waals surface area contributed by atoms with Crippen LogP contribution < -0.4 is 10.2 Å². The molecule has 2 aromatic rings. The average molecular weight is 346 g/mol. The smallest absolute Gasteiger partial charge is 0.230 e. The molecular formula is C16H22N6OS. The van der Waals surface area contributed by atoms with Gasteiger partial charge in [-0.25, -0.2) is 4.68 Å². The van der Waals surface area contributed by atoms with Crippen LogP contribution in [0, 0.1) is 0 Å². The highest BCUT2D eigenvalue weighted by molar-refractivity contribution is 7.99. The molecule has 1 aromatic heterocycles. The van der Waals surface area contributed by atoms with Crippen molar-refractivity contribution in [3.8, 4) is 0 Å². The Labute approximate surface area is 145 Å². The normalized spacial score (nSPS) is 13.7. The van der Waals surface area contributed by atoms with Crippen LogP contribution in [0.5, 0.6) is 0 Å². The average Bonchev–Trinajstić information content (AvgIpc) is 3.35. The topological polar surface area (TPSA) is 75.9 Å². The molecule has 24 heavy (non-hydrogen) atoms. The summed E-state index contributed by atoms with van der Waals surface area (Å²) in [6.07, 6.45) is 3.15. The number of carbonyl (C=O) groups is 1. The van der Waals surface area contributed by atoms with Gasteiger partial charge in [0.05, 0.1) is 11.8 Å². The van der Waals surface area contributed by atoms with Gasteiger partial charge in [-0.3, -0.25) is 4.79 Å². The Morgan fingerprint density at radius 1 is 1.38 bits per heavy atom. The predicted octanol–water partition coefficient (Wildman–Crippen LogP) is 1.74. The maximum atomic E-state index is 11.9. The zero-order valence-corrected chi connectivity index (χ0v) is 14.6. The van der Waals surface area contributed by atoms with Crippen LogP contribution in [-0.2, 0) is 4.79 Å². The van der Waals surface area contributed by atoms with Gasteiger partial charge in [0.15, 0.2) is 0 Å². The van der Waals surface area contributed by atoms with Crippen molar-refractivity contribution in [3.05, 3.63) is 30.3 Å². The molecule has 7 nitrogen and oxygen atoms in total. The van der Waals surface area contributed by atoms with Crippen molar-refractivity contribution in [1.82, 2.24) is 25.5 Å². The first-order chi connectivity index (χ1) is 11.7. The number of hydrogen-bond acceptors (Lipinski definition) is 6. The van der Waals surface area contributed by atoms with Gasteiger partial charge in [-0.1, -0.05) is 30.0 Å². The van der Waals surface area contributed by atoms with Gasteiger partial charge in [0.1, 0.15) is 0 Å². The third kappa shape index (κ3) is 4.70. The number of amides is 1. The number of nitrogens with zero attached hydrogens (tertiary/aromatic N) is 5. The highest BCUT2D eigenvalue weighted by Crippen LogP contribution is 2.36.